The van der Waals surface area contributed by atoms with Gasteiger partial charge in [-0.15, -0.1) is 11.6 Å². The first-order valence-electron chi connectivity index (χ1n) is 4.00. The lowest BCUT2D eigenvalue weighted by molar-refractivity contribution is 0.287. The highest BCUT2D eigenvalue weighted by Crippen LogP contribution is 2.22. The summed E-state index contributed by atoms with van der Waals surface area (Å²) in [7, 11) is -3.01. The molecule has 0 aromatic carbocycles. The van der Waals surface area contributed by atoms with Crippen LogP contribution in [0.15, 0.2) is 0 Å². The molecule has 1 aliphatic heterocycles. The van der Waals surface area contributed by atoms with Crippen molar-refractivity contribution < 1.29 is 8.42 Å². The quantitative estimate of drug-likeness (QED) is 0.605. The number of sulfonamides is 1. The van der Waals surface area contributed by atoms with Crippen LogP contribution in [0.3, 0.4) is 0 Å². The van der Waals surface area contributed by atoms with E-state index in [2.05, 4.69) is 0 Å². The predicted molar refractivity (Wildman–Crippen MR) is 49.8 cm³/mol. The van der Waals surface area contributed by atoms with Crippen molar-refractivity contribution in [3.8, 4) is 0 Å². The van der Waals surface area contributed by atoms with Crippen LogP contribution in [0.25, 0.3) is 0 Å². The lowest BCUT2D eigenvalue weighted by atomic mass is 10.0. The summed E-state index contributed by atoms with van der Waals surface area (Å²) in [5, 5.41) is 0.128. The van der Waals surface area contributed by atoms with Gasteiger partial charge in [0, 0.05) is 18.5 Å². The SMILES string of the molecule is CC1CN(S(C)(=O)=O)CCC1Cl. The van der Waals surface area contributed by atoms with E-state index < -0.39 is 10.0 Å². The molecule has 2 unspecified atom stereocenters. The Hall–Kier alpha value is 0.200. The highest BCUT2D eigenvalue weighted by Gasteiger charge is 2.28. The van der Waals surface area contributed by atoms with Gasteiger partial charge in [-0.3, -0.25) is 0 Å². The van der Waals surface area contributed by atoms with Crippen molar-refractivity contribution in [1.82, 2.24) is 4.31 Å². The molecule has 12 heavy (non-hydrogen) atoms. The summed E-state index contributed by atoms with van der Waals surface area (Å²) in [4.78, 5) is 0. The van der Waals surface area contributed by atoms with Crippen molar-refractivity contribution in [3.05, 3.63) is 0 Å². The summed E-state index contributed by atoms with van der Waals surface area (Å²) in [6.07, 6.45) is 2.00. The molecule has 1 rings (SSSR count). The molecule has 0 aromatic rings. The van der Waals surface area contributed by atoms with E-state index in [0.717, 1.165) is 6.42 Å². The van der Waals surface area contributed by atoms with Crippen molar-refractivity contribution in [1.29, 1.82) is 0 Å². The predicted octanol–water partition coefficient (Wildman–Crippen LogP) is 0.895. The number of hydrogen-bond donors (Lipinski definition) is 0. The molecule has 5 heteroatoms. The molecule has 0 N–H and O–H groups in total. The molecule has 0 spiro atoms. The van der Waals surface area contributed by atoms with Gasteiger partial charge in [0.1, 0.15) is 0 Å². The van der Waals surface area contributed by atoms with E-state index in [0.29, 0.717) is 13.1 Å². The lowest BCUT2D eigenvalue weighted by Gasteiger charge is -2.32. The van der Waals surface area contributed by atoms with Crippen LogP contribution in [-0.2, 0) is 10.0 Å². The Bertz CT molecular complexity index is 252. The van der Waals surface area contributed by atoms with Crippen molar-refractivity contribution >= 4 is 21.6 Å². The van der Waals surface area contributed by atoms with E-state index in [1.807, 2.05) is 6.92 Å². The Labute approximate surface area is 78.7 Å². The van der Waals surface area contributed by atoms with Crippen molar-refractivity contribution in [2.24, 2.45) is 5.92 Å². The molecule has 0 aromatic heterocycles. The summed E-state index contributed by atoms with van der Waals surface area (Å²) >= 11 is 5.96. The Morgan fingerprint density at radius 3 is 2.50 bits per heavy atom. The van der Waals surface area contributed by atoms with Gasteiger partial charge >= 0.3 is 0 Å². The molecule has 0 amide bonds. The summed E-state index contributed by atoms with van der Waals surface area (Å²) in [5.74, 6) is 0.259. The molecule has 2 atom stereocenters. The second-order valence-electron chi connectivity index (χ2n) is 3.40. The molecular weight excluding hydrogens is 198 g/mol. The van der Waals surface area contributed by atoms with Crippen LogP contribution in [0.5, 0.6) is 0 Å². The monoisotopic (exact) mass is 211 g/mol. The zero-order valence-corrected chi connectivity index (χ0v) is 8.90. The smallest absolute Gasteiger partial charge is 0.211 e. The van der Waals surface area contributed by atoms with Gasteiger partial charge in [0.05, 0.1) is 6.26 Å². The van der Waals surface area contributed by atoms with Gasteiger partial charge < -0.3 is 0 Å². The maximum absolute atomic E-state index is 11.1. The average Bonchev–Trinajstić information content (AvgIpc) is 1.92. The largest absolute Gasteiger partial charge is 0.213 e. The van der Waals surface area contributed by atoms with Gasteiger partial charge in [-0.2, -0.15) is 0 Å². The third kappa shape index (κ3) is 2.34. The van der Waals surface area contributed by atoms with Crippen molar-refractivity contribution in [2.45, 2.75) is 18.7 Å². The molecule has 72 valence electrons. The van der Waals surface area contributed by atoms with Gasteiger partial charge in [-0.25, -0.2) is 12.7 Å². The van der Waals surface area contributed by atoms with Crippen molar-refractivity contribution in [3.63, 3.8) is 0 Å². The molecule has 1 saturated heterocycles. The zero-order chi connectivity index (χ0) is 9.35. The minimum atomic E-state index is -3.01. The van der Waals surface area contributed by atoms with Crippen LogP contribution in [0.4, 0.5) is 0 Å². The Balaban J connectivity index is 2.64. The number of alkyl halides is 1. The standard InChI is InChI=1S/C7H14ClNO2S/c1-6-5-9(12(2,10)11)4-3-7(6)8/h6-7H,3-5H2,1-2H3. The van der Waals surface area contributed by atoms with Crippen LogP contribution >= 0.6 is 11.6 Å². The second kappa shape index (κ2) is 3.52. The van der Waals surface area contributed by atoms with E-state index >= 15 is 0 Å². The first-order valence-corrected chi connectivity index (χ1v) is 6.29. The topological polar surface area (TPSA) is 37.4 Å². The van der Waals surface area contributed by atoms with Gasteiger partial charge in [-0.05, 0) is 12.3 Å². The van der Waals surface area contributed by atoms with E-state index in [1.54, 1.807) is 0 Å². The first kappa shape index (κ1) is 10.3. The number of hydrogen-bond acceptors (Lipinski definition) is 2. The molecular formula is C7H14ClNO2S. The van der Waals surface area contributed by atoms with E-state index in [-0.39, 0.29) is 11.3 Å². The fourth-order valence-corrected chi connectivity index (χ4v) is 2.50. The molecule has 3 nitrogen and oxygen atoms in total. The molecule has 1 heterocycles. The Morgan fingerprint density at radius 1 is 1.50 bits per heavy atom. The van der Waals surface area contributed by atoms with Crippen LogP contribution in [0.1, 0.15) is 13.3 Å². The fraction of sp³-hybridized carbons (Fsp3) is 1.00. The van der Waals surface area contributed by atoms with Crippen LogP contribution in [-0.4, -0.2) is 37.4 Å². The Kier molecular flexibility index (Phi) is 3.01. The number of nitrogens with zero attached hydrogens (tertiary/aromatic N) is 1. The third-order valence-corrected chi connectivity index (χ3v) is 4.15. The molecule has 0 radical (unpaired) electrons. The minimum absolute atomic E-state index is 0.128. The number of halogens is 1. The highest BCUT2D eigenvalue weighted by atomic mass is 35.5. The highest BCUT2D eigenvalue weighted by molar-refractivity contribution is 7.88. The number of rotatable bonds is 1. The molecule has 0 saturated carbocycles. The average molecular weight is 212 g/mol. The van der Waals surface area contributed by atoms with Gasteiger partial charge in [0.25, 0.3) is 0 Å². The minimum Gasteiger partial charge on any atom is -0.213 e. The summed E-state index contributed by atoms with van der Waals surface area (Å²) < 4.78 is 23.7. The van der Waals surface area contributed by atoms with Gasteiger partial charge in [0.15, 0.2) is 0 Å². The Morgan fingerprint density at radius 2 is 2.08 bits per heavy atom. The molecule has 1 aliphatic rings. The molecule has 1 fully saturated rings. The molecule has 0 aliphatic carbocycles. The van der Waals surface area contributed by atoms with Crippen LogP contribution in [0, 0.1) is 5.92 Å². The summed E-state index contributed by atoms with van der Waals surface area (Å²) in [6.45, 7) is 3.11. The van der Waals surface area contributed by atoms with Gasteiger partial charge in [-0.1, -0.05) is 6.92 Å². The molecule has 0 bridgehead atoms. The van der Waals surface area contributed by atoms with E-state index in [4.69, 9.17) is 11.6 Å². The van der Waals surface area contributed by atoms with Crippen LogP contribution < -0.4 is 0 Å². The zero-order valence-electron chi connectivity index (χ0n) is 7.33. The summed E-state index contributed by atoms with van der Waals surface area (Å²) in [6, 6.07) is 0. The third-order valence-electron chi connectivity index (χ3n) is 2.23. The number of piperidine rings is 1. The van der Waals surface area contributed by atoms with Crippen molar-refractivity contribution in [2.75, 3.05) is 19.3 Å². The normalized spacial score (nSPS) is 33.6. The second-order valence-corrected chi connectivity index (χ2v) is 5.95. The maximum atomic E-state index is 11.1. The first-order chi connectivity index (χ1) is 5.41. The van der Waals surface area contributed by atoms with Gasteiger partial charge in [0.2, 0.25) is 10.0 Å². The fourth-order valence-electron chi connectivity index (χ4n) is 1.38. The summed E-state index contributed by atoms with van der Waals surface area (Å²) in [5.41, 5.74) is 0. The van der Waals surface area contributed by atoms with Crippen LogP contribution in [0.2, 0.25) is 0 Å². The maximum Gasteiger partial charge on any atom is 0.211 e. The van der Waals surface area contributed by atoms with E-state index in [9.17, 15) is 8.42 Å². The van der Waals surface area contributed by atoms with E-state index in [1.165, 1.54) is 10.6 Å². The lowest BCUT2D eigenvalue weighted by Crippen LogP contribution is -2.42.